The van der Waals surface area contributed by atoms with Gasteiger partial charge in [0, 0.05) is 0 Å². The summed E-state index contributed by atoms with van der Waals surface area (Å²) in [5.74, 6) is -0.489. The van der Waals surface area contributed by atoms with Crippen molar-refractivity contribution in [3.05, 3.63) is 34.3 Å². The van der Waals surface area contributed by atoms with E-state index in [1.54, 1.807) is 0 Å². The van der Waals surface area contributed by atoms with Gasteiger partial charge in [0.1, 0.15) is 5.82 Å². The van der Waals surface area contributed by atoms with Crippen molar-refractivity contribution in [2.45, 2.75) is 0 Å². The number of ether oxygens (including phenoxy) is 1. The second-order valence-corrected chi connectivity index (χ2v) is 3.88. The molecule has 1 aromatic carbocycles. The van der Waals surface area contributed by atoms with Gasteiger partial charge in [-0.2, -0.15) is 15.0 Å². The largest absolute Gasteiger partial charge is 0.467 e. The molecule has 0 amide bonds. The molecule has 0 aliphatic rings. The molecule has 1 N–H and O–H groups in total. The molecule has 0 atom stereocenters. The minimum atomic E-state index is -0.530. The molecule has 0 saturated carbocycles. The number of aromatic nitrogens is 3. The zero-order valence-corrected chi connectivity index (χ0v) is 10.6. The molecule has 5 nitrogen and oxygen atoms in total. The molecule has 1 heterocycles. The number of rotatable bonds is 3. The van der Waals surface area contributed by atoms with Gasteiger partial charge >= 0.3 is 6.01 Å². The Kier molecular flexibility index (Phi) is 3.78. The lowest BCUT2D eigenvalue weighted by atomic mass is 10.3. The van der Waals surface area contributed by atoms with Crippen molar-refractivity contribution in [3.63, 3.8) is 0 Å². The molecule has 1 aromatic heterocycles. The van der Waals surface area contributed by atoms with E-state index in [4.69, 9.17) is 27.9 Å². The van der Waals surface area contributed by atoms with Crippen LogP contribution in [0.2, 0.25) is 10.3 Å². The molecule has 18 heavy (non-hydrogen) atoms. The van der Waals surface area contributed by atoms with E-state index in [1.807, 2.05) is 0 Å². The summed E-state index contributed by atoms with van der Waals surface area (Å²) in [6, 6.07) is 4.30. The summed E-state index contributed by atoms with van der Waals surface area (Å²) in [6.07, 6.45) is 0. The Morgan fingerprint density at radius 2 is 2.00 bits per heavy atom. The Balaban J connectivity index is 2.37. The van der Waals surface area contributed by atoms with E-state index in [0.29, 0.717) is 0 Å². The maximum absolute atomic E-state index is 13.5. The lowest BCUT2D eigenvalue weighted by Crippen LogP contribution is -2.03. The van der Waals surface area contributed by atoms with Crippen LogP contribution in [0, 0.1) is 5.82 Å². The van der Waals surface area contributed by atoms with Crippen molar-refractivity contribution < 1.29 is 9.13 Å². The summed E-state index contributed by atoms with van der Waals surface area (Å²) >= 11 is 11.5. The van der Waals surface area contributed by atoms with Crippen LogP contribution in [0.25, 0.3) is 0 Å². The van der Waals surface area contributed by atoms with Gasteiger partial charge in [-0.25, -0.2) is 4.39 Å². The molecule has 0 unspecified atom stereocenters. The minimum Gasteiger partial charge on any atom is -0.467 e. The van der Waals surface area contributed by atoms with Gasteiger partial charge in [0.2, 0.25) is 11.2 Å². The van der Waals surface area contributed by atoms with Crippen LogP contribution in [-0.2, 0) is 0 Å². The third kappa shape index (κ3) is 2.77. The van der Waals surface area contributed by atoms with Crippen LogP contribution in [-0.4, -0.2) is 22.1 Å². The van der Waals surface area contributed by atoms with E-state index < -0.39 is 5.82 Å². The third-order valence-electron chi connectivity index (χ3n) is 1.97. The Morgan fingerprint density at radius 1 is 1.22 bits per heavy atom. The number of nitrogens with zero attached hydrogens (tertiary/aromatic N) is 3. The Morgan fingerprint density at radius 3 is 2.67 bits per heavy atom. The number of para-hydroxylation sites is 1. The van der Waals surface area contributed by atoms with Crippen molar-refractivity contribution in [2.24, 2.45) is 0 Å². The summed E-state index contributed by atoms with van der Waals surface area (Å²) in [7, 11) is 1.38. The van der Waals surface area contributed by atoms with Gasteiger partial charge in [-0.15, -0.1) is 0 Å². The first kappa shape index (κ1) is 12.8. The summed E-state index contributed by atoms with van der Waals surface area (Å²) < 4.78 is 18.4. The first-order valence-electron chi connectivity index (χ1n) is 4.76. The molecule has 2 rings (SSSR count). The molecule has 0 radical (unpaired) electrons. The standard InChI is InChI=1S/C10H7Cl2FN4O/c1-18-10-16-8(12)15-9(17-10)14-7-5(11)3-2-4-6(7)13/h2-4H,1H3,(H,14,15,16,17). The maximum Gasteiger partial charge on any atom is 0.322 e. The van der Waals surface area contributed by atoms with E-state index in [1.165, 1.54) is 25.3 Å². The second-order valence-electron chi connectivity index (χ2n) is 3.14. The van der Waals surface area contributed by atoms with Crippen molar-refractivity contribution in [1.82, 2.24) is 15.0 Å². The van der Waals surface area contributed by atoms with Crippen LogP contribution >= 0.6 is 23.2 Å². The highest BCUT2D eigenvalue weighted by molar-refractivity contribution is 6.33. The summed E-state index contributed by atoms with van der Waals surface area (Å²) in [4.78, 5) is 11.3. The average molecular weight is 289 g/mol. The Labute approximate surface area is 112 Å². The zero-order valence-electron chi connectivity index (χ0n) is 9.12. The molecule has 8 heteroatoms. The fourth-order valence-electron chi connectivity index (χ4n) is 1.21. The predicted octanol–water partition coefficient (Wildman–Crippen LogP) is 3.07. The number of hydrogen-bond donors (Lipinski definition) is 1. The number of hydrogen-bond acceptors (Lipinski definition) is 5. The van der Waals surface area contributed by atoms with E-state index in [-0.39, 0.29) is 28.0 Å². The summed E-state index contributed by atoms with van der Waals surface area (Å²) in [6.45, 7) is 0. The van der Waals surface area contributed by atoms with Crippen molar-refractivity contribution >= 4 is 34.8 Å². The smallest absolute Gasteiger partial charge is 0.322 e. The van der Waals surface area contributed by atoms with Crippen molar-refractivity contribution in [3.8, 4) is 6.01 Å². The fraction of sp³-hybridized carbons (Fsp3) is 0.100. The van der Waals surface area contributed by atoms with Gasteiger partial charge in [0.25, 0.3) is 0 Å². The monoisotopic (exact) mass is 288 g/mol. The second kappa shape index (κ2) is 5.32. The normalized spacial score (nSPS) is 10.2. The molecule has 2 aromatic rings. The molecule has 94 valence electrons. The van der Waals surface area contributed by atoms with Gasteiger partial charge in [-0.1, -0.05) is 17.7 Å². The third-order valence-corrected chi connectivity index (χ3v) is 2.45. The highest BCUT2D eigenvalue weighted by Crippen LogP contribution is 2.27. The number of anilines is 2. The number of benzene rings is 1. The molecular formula is C10H7Cl2FN4O. The van der Waals surface area contributed by atoms with E-state index in [9.17, 15) is 4.39 Å². The average Bonchev–Trinajstić information content (AvgIpc) is 2.33. The summed E-state index contributed by atoms with van der Waals surface area (Å²) in [5.41, 5.74) is 0.0588. The van der Waals surface area contributed by atoms with Crippen LogP contribution in [0.15, 0.2) is 18.2 Å². The number of nitrogens with one attached hydrogen (secondary N) is 1. The maximum atomic E-state index is 13.5. The van der Waals surface area contributed by atoms with Gasteiger partial charge in [-0.05, 0) is 23.7 Å². The lowest BCUT2D eigenvalue weighted by molar-refractivity contribution is 0.379. The minimum absolute atomic E-state index is 0.0185. The highest BCUT2D eigenvalue weighted by Gasteiger charge is 2.10. The number of halogens is 3. The molecule has 0 aliphatic carbocycles. The van der Waals surface area contributed by atoms with Crippen LogP contribution in [0.1, 0.15) is 0 Å². The SMILES string of the molecule is COc1nc(Cl)nc(Nc2c(F)cccc2Cl)n1. The molecule has 0 saturated heterocycles. The predicted molar refractivity (Wildman–Crippen MR) is 66.1 cm³/mol. The Hall–Kier alpha value is -1.66. The van der Waals surface area contributed by atoms with Crippen LogP contribution in [0.4, 0.5) is 16.0 Å². The first-order chi connectivity index (χ1) is 8.60. The van der Waals surface area contributed by atoms with Gasteiger partial charge in [-0.3, -0.25) is 0 Å². The van der Waals surface area contributed by atoms with Gasteiger partial charge < -0.3 is 10.1 Å². The number of methoxy groups -OCH3 is 1. The fourth-order valence-corrected chi connectivity index (χ4v) is 1.57. The van der Waals surface area contributed by atoms with Gasteiger partial charge in [0.05, 0.1) is 17.8 Å². The van der Waals surface area contributed by atoms with Crippen LogP contribution in [0.5, 0.6) is 6.01 Å². The van der Waals surface area contributed by atoms with Crippen molar-refractivity contribution in [1.29, 1.82) is 0 Å². The van der Waals surface area contributed by atoms with Gasteiger partial charge in [0.15, 0.2) is 0 Å². The van der Waals surface area contributed by atoms with E-state index in [0.717, 1.165) is 0 Å². The zero-order chi connectivity index (χ0) is 13.1. The first-order valence-corrected chi connectivity index (χ1v) is 5.52. The summed E-state index contributed by atoms with van der Waals surface area (Å²) in [5, 5.41) is 2.75. The lowest BCUT2D eigenvalue weighted by Gasteiger charge is -2.08. The molecule has 0 aliphatic heterocycles. The van der Waals surface area contributed by atoms with E-state index >= 15 is 0 Å². The molecular weight excluding hydrogens is 282 g/mol. The molecule has 0 bridgehead atoms. The van der Waals surface area contributed by atoms with E-state index in [2.05, 4.69) is 20.3 Å². The van der Waals surface area contributed by atoms with Crippen LogP contribution < -0.4 is 10.1 Å². The Bertz CT molecular complexity index is 562. The highest BCUT2D eigenvalue weighted by atomic mass is 35.5. The molecule has 0 spiro atoms. The van der Waals surface area contributed by atoms with Crippen molar-refractivity contribution in [2.75, 3.05) is 12.4 Å². The quantitative estimate of drug-likeness (QED) is 0.941. The molecule has 0 fully saturated rings. The topological polar surface area (TPSA) is 59.9 Å². The van der Waals surface area contributed by atoms with Crippen LogP contribution in [0.3, 0.4) is 0 Å².